The number of carbonyl (C=O) groups is 1. The first-order valence-corrected chi connectivity index (χ1v) is 10.5. The molecule has 1 atom stereocenters. The first kappa shape index (κ1) is 21.3. The van der Waals surface area contributed by atoms with E-state index in [0.717, 1.165) is 28.3 Å². The van der Waals surface area contributed by atoms with Crippen LogP contribution < -0.4 is 4.74 Å². The lowest BCUT2D eigenvalue weighted by molar-refractivity contribution is -0.138. The van der Waals surface area contributed by atoms with Crippen LogP contribution in [0.15, 0.2) is 83.5 Å². The molecule has 4 rings (SSSR count). The third kappa shape index (κ3) is 5.21. The summed E-state index contributed by atoms with van der Waals surface area (Å²) >= 11 is 0. The second-order valence-corrected chi connectivity index (χ2v) is 7.51. The maximum Gasteiger partial charge on any atom is 0.311 e. The van der Waals surface area contributed by atoms with Crippen LogP contribution in [-0.4, -0.2) is 27.7 Å². The minimum atomic E-state index is -0.865. The summed E-state index contributed by atoms with van der Waals surface area (Å²) in [7, 11) is 0. The number of aromatic nitrogens is 2. The summed E-state index contributed by atoms with van der Waals surface area (Å²) in [4.78, 5) is 20.3. The van der Waals surface area contributed by atoms with Crippen molar-refractivity contribution >= 4 is 5.97 Å². The monoisotopic (exact) mass is 428 g/mol. The number of hydrogen-bond acceptors (Lipinski definition) is 5. The highest BCUT2D eigenvalue weighted by atomic mass is 16.5. The molecule has 2 heterocycles. The number of oxazole rings is 1. The molecule has 2 aromatic heterocycles. The zero-order valence-corrected chi connectivity index (χ0v) is 17.8. The summed E-state index contributed by atoms with van der Waals surface area (Å²) < 4.78 is 11.7. The molecule has 0 amide bonds. The van der Waals surface area contributed by atoms with Gasteiger partial charge in [-0.15, -0.1) is 0 Å². The highest BCUT2D eigenvalue weighted by molar-refractivity contribution is 5.76. The number of ether oxygens (including phenoxy) is 1. The lowest BCUT2D eigenvalue weighted by Gasteiger charge is -2.13. The Hall–Kier alpha value is -3.93. The minimum Gasteiger partial charge on any atom is -0.493 e. The Bertz CT molecular complexity index is 1160. The molecule has 0 aliphatic rings. The molecule has 1 N–H and O–H groups in total. The molecule has 0 aliphatic carbocycles. The van der Waals surface area contributed by atoms with Crippen LogP contribution in [0.3, 0.4) is 0 Å². The molecule has 0 spiro atoms. The van der Waals surface area contributed by atoms with E-state index in [1.165, 1.54) is 0 Å². The normalized spacial score (nSPS) is 11.8. The van der Waals surface area contributed by atoms with Gasteiger partial charge in [0.15, 0.2) is 0 Å². The highest BCUT2D eigenvalue weighted by Crippen LogP contribution is 2.24. The maximum atomic E-state index is 11.7. The first-order valence-electron chi connectivity index (χ1n) is 10.5. The Labute approximate surface area is 186 Å². The zero-order chi connectivity index (χ0) is 22.3. The number of carboxylic acids is 1. The molecule has 0 unspecified atom stereocenters. The molecule has 6 nitrogen and oxygen atoms in total. The van der Waals surface area contributed by atoms with E-state index in [1.54, 1.807) is 24.5 Å². The number of hydrogen-bond donors (Lipinski definition) is 1. The van der Waals surface area contributed by atoms with Crippen molar-refractivity contribution in [3.8, 4) is 17.2 Å². The Morgan fingerprint density at radius 3 is 2.53 bits per heavy atom. The molecule has 0 aliphatic heterocycles. The summed E-state index contributed by atoms with van der Waals surface area (Å²) in [6.45, 7) is 2.37. The molecule has 0 saturated carbocycles. The number of pyridine rings is 1. The van der Waals surface area contributed by atoms with Gasteiger partial charge in [0, 0.05) is 24.4 Å². The van der Waals surface area contributed by atoms with Crippen LogP contribution in [0.25, 0.3) is 11.5 Å². The van der Waals surface area contributed by atoms with Gasteiger partial charge >= 0.3 is 5.97 Å². The van der Waals surface area contributed by atoms with E-state index in [4.69, 9.17) is 9.15 Å². The summed E-state index contributed by atoms with van der Waals surface area (Å²) in [6.07, 6.45) is 4.26. The maximum absolute atomic E-state index is 11.7. The highest BCUT2D eigenvalue weighted by Gasteiger charge is 2.20. The van der Waals surface area contributed by atoms with Gasteiger partial charge in [0.25, 0.3) is 0 Å². The second-order valence-electron chi connectivity index (χ2n) is 7.51. The smallest absolute Gasteiger partial charge is 0.311 e. The summed E-state index contributed by atoms with van der Waals surface area (Å²) in [5.41, 5.74) is 3.44. The average Bonchev–Trinajstić information content (AvgIpc) is 3.20. The van der Waals surface area contributed by atoms with Crippen LogP contribution in [0, 0.1) is 6.92 Å². The fourth-order valence-corrected chi connectivity index (χ4v) is 3.52. The molecule has 0 fully saturated rings. The van der Waals surface area contributed by atoms with E-state index in [2.05, 4.69) is 9.97 Å². The third-order valence-electron chi connectivity index (χ3n) is 5.27. The molecule has 162 valence electrons. The van der Waals surface area contributed by atoms with E-state index < -0.39 is 11.9 Å². The van der Waals surface area contributed by atoms with Crippen LogP contribution in [0.5, 0.6) is 5.75 Å². The Balaban J connectivity index is 1.34. The van der Waals surface area contributed by atoms with Gasteiger partial charge in [0.05, 0.1) is 18.2 Å². The van der Waals surface area contributed by atoms with E-state index >= 15 is 0 Å². The number of aliphatic carboxylic acids is 1. The molecule has 4 aromatic rings. The first-order chi connectivity index (χ1) is 15.6. The van der Waals surface area contributed by atoms with Crippen molar-refractivity contribution in [2.45, 2.75) is 25.7 Å². The van der Waals surface area contributed by atoms with Crippen LogP contribution in [0.4, 0.5) is 0 Å². The van der Waals surface area contributed by atoms with Gasteiger partial charge in [-0.05, 0) is 54.8 Å². The van der Waals surface area contributed by atoms with Crippen LogP contribution in [0.1, 0.15) is 28.5 Å². The Morgan fingerprint density at radius 1 is 1.06 bits per heavy atom. The molecule has 0 bridgehead atoms. The van der Waals surface area contributed by atoms with Gasteiger partial charge < -0.3 is 14.3 Å². The van der Waals surface area contributed by atoms with Crippen molar-refractivity contribution in [2.75, 3.05) is 6.61 Å². The van der Waals surface area contributed by atoms with Gasteiger partial charge in [0.2, 0.25) is 5.89 Å². The van der Waals surface area contributed by atoms with Crippen LogP contribution in [0.2, 0.25) is 0 Å². The van der Waals surface area contributed by atoms with Crippen molar-refractivity contribution in [2.24, 2.45) is 0 Å². The van der Waals surface area contributed by atoms with E-state index in [-0.39, 0.29) is 0 Å². The predicted molar refractivity (Wildman–Crippen MR) is 121 cm³/mol. The van der Waals surface area contributed by atoms with Gasteiger partial charge in [-0.3, -0.25) is 9.78 Å². The number of benzene rings is 2. The number of aryl methyl sites for hydroxylation is 1. The fraction of sp³-hybridized carbons (Fsp3) is 0.192. The lowest BCUT2D eigenvalue weighted by Crippen LogP contribution is -2.14. The lowest BCUT2D eigenvalue weighted by atomic mass is 9.93. The standard InChI is InChI=1S/C26H24N2O4/c1-18-24(28-25(32-18)20-6-3-2-4-7-20)13-15-31-22-11-9-19(10-12-22)16-23(26(29)30)21-8-5-14-27-17-21/h2-12,14,17,23H,13,15-16H2,1H3,(H,29,30)/t23-/m1/s1. The van der Waals surface area contributed by atoms with Gasteiger partial charge in [-0.1, -0.05) is 36.4 Å². The third-order valence-corrected chi connectivity index (χ3v) is 5.27. The zero-order valence-electron chi connectivity index (χ0n) is 17.8. The topological polar surface area (TPSA) is 85.5 Å². The van der Waals surface area contributed by atoms with Gasteiger partial charge in [-0.2, -0.15) is 0 Å². The van der Waals surface area contributed by atoms with Crippen molar-refractivity contribution in [1.29, 1.82) is 0 Å². The quantitative estimate of drug-likeness (QED) is 0.400. The van der Waals surface area contributed by atoms with E-state index in [0.29, 0.717) is 30.9 Å². The van der Waals surface area contributed by atoms with Crippen molar-refractivity contribution in [1.82, 2.24) is 9.97 Å². The number of carboxylic acid groups (broad SMARTS) is 1. The molecular formula is C26H24N2O4. The Morgan fingerprint density at radius 2 is 1.84 bits per heavy atom. The van der Waals surface area contributed by atoms with E-state index in [9.17, 15) is 9.90 Å². The molecule has 6 heteroatoms. The van der Waals surface area contributed by atoms with Gasteiger partial charge in [-0.25, -0.2) is 4.98 Å². The second kappa shape index (κ2) is 9.92. The molecule has 32 heavy (non-hydrogen) atoms. The predicted octanol–water partition coefficient (Wildman–Crippen LogP) is 5.08. The largest absolute Gasteiger partial charge is 0.493 e. The number of nitrogens with zero attached hydrogens (tertiary/aromatic N) is 2. The average molecular weight is 428 g/mol. The van der Waals surface area contributed by atoms with E-state index in [1.807, 2.05) is 61.5 Å². The molecule has 0 saturated heterocycles. The van der Waals surface area contributed by atoms with Crippen molar-refractivity contribution in [3.63, 3.8) is 0 Å². The molecule has 2 aromatic carbocycles. The van der Waals surface area contributed by atoms with Crippen LogP contribution in [-0.2, 0) is 17.6 Å². The summed E-state index contributed by atoms with van der Waals surface area (Å²) in [5, 5.41) is 9.60. The molecular weight excluding hydrogens is 404 g/mol. The Kier molecular flexibility index (Phi) is 6.60. The van der Waals surface area contributed by atoms with Gasteiger partial charge in [0.1, 0.15) is 11.5 Å². The van der Waals surface area contributed by atoms with Crippen molar-refractivity contribution < 1.29 is 19.1 Å². The summed E-state index contributed by atoms with van der Waals surface area (Å²) in [6, 6.07) is 20.9. The summed E-state index contributed by atoms with van der Waals surface area (Å²) in [5.74, 6) is 0.633. The fourth-order valence-electron chi connectivity index (χ4n) is 3.52. The SMILES string of the molecule is Cc1oc(-c2ccccc2)nc1CCOc1ccc(C[C@@H](C(=O)O)c2cccnc2)cc1. The minimum absolute atomic E-state index is 0.391. The van der Waals surface area contributed by atoms with Crippen molar-refractivity contribution in [3.05, 3.63) is 102 Å². The number of rotatable bonds is 9. The van der Waals surface area contributed by atoms with Crippen LogP contribution >= 0.6 is 0 Å². The molecule has 0 radical (unpaired) electrons.